The van der Waals surface area contributed by atoms with E-state index in [9.17, 15) is 0 Å². The summed E-state index contributed by atoms with van der Waals surface area (Å²) in [5.74, 6) is 0.466. The van der Waals surface area contributed by atoms with Crippen LogP contribution in [0.15, 0.2) is 24.4 Å². The monoisotopic (exact) mass is 290 g/mol. The molecule has 1 unspecified atom stereocenters. The molecular formula is C17H23ClN2. The fourth-order valence-corrected chi connectivity index (χ4v) is 2.95. The number of aromatic nitrogens is 2. The maximum absolute atomic E-state index is 6.07. The Morgan fingerprint density at radius 1 is 1.05 bits per heavy atom. The predicted molar refractivity (Wildman–Crippen MR) is 86.2 cm³/mol. The maximum Gasteiger partial charge on any atom is 0.0905 e. The van der Waals surface area contributed by atoms with Crippen molar-refractivity contribution in [1.82, 2.24) is 9.97 Å². The van der Waals surface area contributed by atoms with E-state index in [2.05, 4.69) is 46.5 Å². The van der Waals surface area contributed by atoms with Gasteiger partial charge in [-0.1, -0.05) is 53.1 Å². The Balaban J connectivity index is 2.66. The molecule has 0 saturated carbocycles. The van der Waals surface area contributed by atoms with E-state index in [-0.39, 0.29) is 10.8 Å². The quantitative estimate of drug-likeness (QED) is 0.755. The average molecular weight is 291 g/mol. The summed E-state index contributed by atoms with van der Waals surface area (Å²) in [5.41, 5.74) is 2.84. The minimum Gasteiger partial charge on any atom is -0.253 e. The Bertz CT molecular complexity index is 628. The van der Waals surface area contributed by atoms with Gasteiger partial charge in [-0.15, -0.1) is 0 Å². The SMILES string of the molecule is CC(C)C(C)(c1cnc2ccc(Cl)cc2n1)C(C)(C)C. The molecule has 2 rings (SSSR count). The first-order valence-electron chi connectivity index (χ1n) is 7.09. The molecule has 0 bridgehead atoms. The summed E-state index contributed by atoms with van der Waals surface area (Å²) < 4.78 is 0. The third-order valence-electron chi connectivity index (χ3n) is 4.75. The molecule has 0 amide bonds. The molecule has 0 aliphatic carbocycles. The van der Waals surface area contributed by atoms with Crippen molar-refractivity contribution in [2.24, 2.45) is 11.3 Å². The van der Waals surface area contributed by atoms with Crippen molar-refractivity contribution >= 4 is 22.6 Å². The van der Waals surface area contributed by atoms with E-state index in [1.165, 1.54) is 0 Å². The summed E-state index contributed by atoms with van der Waals surface area (Å²) in [6.45, 7) is 13.5. The second-order valence-electron chi connectivity index (χ2n) is 7.00. The highest BCUT2D eigenvalue weighted by Crippen LogP contribution is 2.46. The number of nitrogens with zero attached hydrogens (tertiary/aromatic N) is 2. The summed E-state index contributed by atoms with van der Waals surface area (Å²) in [7, 11) is 0. The van der Waals surface area contributed by atoms with Gasteiger partial charge in [-0.05, 0) is 29.5 Å². The van der Waals surface area contributed by atoms with Gasteiger partial charge in [-0.3, -0.25) is 4.98 Å². The zero-order chi connectivity index (χ0) is 15.1. The van der Waals surface area contributed by atoms with Crippen LogP contribution in [0.4, 0.5) is 0 Å². The number of hydrogen-bond donors (Lipinski definition) is 0. The van der Waals surface area contributed by atoms with Gasteiger partial charge in [0.1, 0.15) is 0 Å². The molecule has 0 spiro atoms. The first kappa shape index (κ1) is 15.2. The second-order valence-corrected chi connectivity index (χ2v) is 7.43. The number of halogens is 1. The van der Waals surface area contributed by atoms with E-state index >= 15 is 0 Å². The van der Waals surface area contributed by atoms with Crippen LogP contribution < -0.4 is 0 Å². The van der Waals surface area contributed by atoms with E-state index < -0.39 is 0 Å². The Labute approximate surface area is 126 Å². The molecule has 20 heavy (non-hydrogen) atoms. The number of rotatable bonds is 2. The molecule has 1 atom stereocenters. The van der Waals surface area contributed by atoms with E-state index in [1.54, 1.807) is 0 Å². The van der Waals surface area contributed by atoms with Gasteiger partial charge in [-0.25, -0.2) is 4.98 Å². The van der Waals surface area contributed by atoms with Crippen molar-refractivity contribution in [3.8, 4) is 0 Å². The number of benzene rings is 1. The topological polar surface area (TPSA) is 25.8 Å². The molecule has 0 N–H and O–H groups in total. The van der Waals surface area contributed by atoms with Gasteiger partial charge >= 0.3 is 0 Å². The summed E-state index contributed by atoms with van der Waals surface area (Å²) in [4.78, 5) is 9.41. The van der Waals surface area contributed by atoms with Gasteiger partial charge in [0.2, 0.25) is 0 Å². The number of hydrogen-bond acceptors (Lipinski definition) is 2. The minimum absolute atomic E-state index is 0.0451. The van der Waals surface area contributed by atoms with Gasteiger partial charge in [0.25, 0.3) is 0 Å². The van der Waals surface area contributed by atoms with Gasteiger partial charge in [0.15, 0.2) is 0 Å². The Hall–Kier alpha value is -1.15. The van der Waals surface area contributed by atoms with Crippen molar-refractivity contribution in [1.29, 1.82) is 0 Å². The van der Waals surface area contributed by atoms with Gasteiger partial charge in [-0.2, -0.15) is 0 Å². The second kappa shape index (κ2) is 5.00. The highest BCUT2D eigenvalue weighted by molar-refractivity contribution is 6.31. The lowest BCUT2D eigenvalue weighted by atomic mass is 9.60. The normalized spacial score (nSPS) is 15.6. The van der Waals surface area contributed by atoms with Crippen LogP contribution in [0.25, 0.3) is 11.0 Å². The van der Waals surface area contributed by atoms with E-state index in [0.717, 1.165) is 16.7 Å². The molecular weight excluding hydrogens is 268 g/mol. The van der Waals surface area contributed by atoms with E-state index in [1.807, 2.05) is 24.4 Å². The predicted octanol–water partition coefficient (Wildman–Crippen LogP) is 5.24. The summed E-state index contributed by atoms with van der Waals surface area (Å²) in [5, 5.41) is 0.700. The van der Waals surface area contributed by atoms with Crippen molar-refractivity contribution in [2.45, 2.75) is 47.0 Å². The molecule has 2 nitrogen and oxygen atoms in total. The van der Waals surface area contributed by atoms with Crippen LogP contribution in [-0.4, -0.2) is 9.97 Å². The fraction of sp³-hybridized carbons (Fsp3) is 0.529. The lowest BCUT2D eigenvalue weighted by molar-refractivity contribution is 0.137. The highest BCUT2D eigenvalue weighted by Gasteiger charge is 2.43. The zero-order valence-corrected chi connectivity index (χ0v) is 13.9. The molecule has 0 aliphatic rings. The standard InChI is InChI=1S/C17H23ClN2/c1-11(2)17(6,16(3,4)5)15-10-19-13-8-7-12(18)9-14(13)20-15/h7-11H,1-6H3. The maximum atomic E-state index is 6.07. The van der Waals surface area contributed by atoms with Crippen LogP contribution in [0.2, 0.25) is 5.02 Å². The van der Waals surface area contributed by atoms with Crippen LogP contribution in [0.1, 0.15) is 47.2 Å². The minimum atomic E-state index is -0.0451. The molecule has 0 fully saturated rings. The zero-order valence-electron chi connectivity index (χ0n) is 13.2. The van der Waals surface area contributed by atoms with Gasteiger partial charge < -0.3 is 0 Å². The summed E-state index contributed by atoms with van der Waals surface area (Å²) in [6, 6.07) is 5.65. The molecule has 1 heterocycles. The van der Waals surface area contributed by atoms with Crippen molar-refractivity contribution in [2.75, 3.05) is 0 Å². The van der Waals surface area contributed by atoms with Crippen LogP contribution in [-0.2, 0) is 5.41 Å². The lowest BCUT2D eigenvalue weighted by Crippen LogP contribution is -2.42. The molecule has 0 radical (unpaired) electrons. The Morgan fingerprint density at radius 3 is 2.25 bits per heavy atom. The first-order valence-corrected chi connectivity index (χ1v) is 7.47. The van der Waals surface area contributed by atoms with Crippen molar-refractivity contribution < 1.29 is 0 Å². The molecule has 0 saturated heterocycles. The van der Waals surface area contributed by atoms with Crippen LogP contribution in [0.5, 0.6) is 0 Å². The van der Waals surface area contributed by atoms with E-state index in [0.29, 0.717) is 10.9 Å². The molecule has 1 aromatic heterocycles. The number of fused-ring (bicyclic) bond motifs is 1. The first-order chi connectivity index (χ1) is 9.16. The van der Waals surface area contributed by atoms with Gasteiger partial charge in [0, 0.05) is 16.6 Å². The highest BCUT2D eigenvalue weighted by atomic mass is 35.5. The molecule has 0 aliphatic heterocycles. The molecule has 3 heteroatoms. The van der Waals surface area contributed by atoms with Crippen LogP contribution in [0, 0.1) is 11.3 Å². The van der Waals surface area contributed by atoms with Crippen molar-refractivity contribution in [3.05, 3.63) is 35.1 Å². The molecule has 108 valence electrons. The summed E-state index contributed by atoms with van der Waals surface area (Å²) in [6.07, 6.45) is 1.92. The van der Waals surface area contributed by atoms with E-state index in [4.69, 9.17) is 16.6 Å². The third kappa shape index (κ3) is 2.42. The fourth-order valence-electron chi connectivity index (χ4n) is 2.78. The molecule has 2 aromatic rings. The largest absolute Gasteiger partial charge is 0.253 e. The van der Waals surface area contributed by atoms with Crippen LogP contribution >= 0.6 is 11.6 Å². The van der Waals surface area contributed by atoms with Crippen molar-refractivity contribution in [3.63, 3.8) is 0 Å². The van der Waals surface area contributed by atoms with Crippen LogP contribution in [0.3, 0.4) is 0 Å². The summed E-state index contributed by atoms with van der Waals surface area (Å²) >= 11 is 6.07. The Kier molecular flexibility index (Phi) is 3.81. The smallest absolute Gasteiger partial charge is 0.0905 e. The Morgan fingerprint density at radius 2 is 1.70 bits per heavy atom. The molecule has 1 aromatic carbocycles. The average Bonchev–Trinajstić information content (AvgIpc) is 2.35. The third-order valence-corrected chi connectivity index (χ3v) is 4.98. The van der Waals surface area contributed by atoms with Gasteiger partial charge in [0.05, 0.1) is 16.7 Å². The lowest BCUT2D eigenvalue weighted by Gasteiger charge is -2.44.